The highest BCUT2D eigenvalue weighted by Crippen LogP contribution is 2.35. The maximum Gasteiger partial charge on any atom is 0.163 e. The summed E-state index contributed by atoms with van der Waals surface area (Å²) >= 11 is 25.3. The molecule has 3 aromatic rings. The molecule has 0 amide bonds. The first kappa shape index (κ1) is 25.1. The summed E-state index contributed by atoms with van der Waals surface area (Å²) in [6.45, 7) is 3.84. The van der Waals surface area contributed by atoms with Crippen LogP contribution < -0.4 is 19.7 Å². The van der Waals surface area contributed by atoms with Gasteiger partial charge in [-0.25, -0.2) is 0 Å². The number of methoxy groups -OCH3 is 1. The third-order valence-corrected chi connectivity index (χ3v) is 6.75. The second kappa shape index (κ2) is 11.6. The third kappa shape index (κ3) is 6.15. The van der Waals surface area contributed by atoms with E-state index in [1.807, 2.05) is 30.3 Å². The molecule has 0 aliphatic carbocycles. The van der Waals surface area contributed by atoms with Crippen LogP contribution in [0.15, 0.2) is 48.5 Å². The number of nitrogens with zero attached hydrogens (tertiary/aromatic N) is 1. The first-order chi connectivity index (χ1) is 16.4. The fraction of sp³-hybridized carbons (Fsp3) is 0.280. The molecule has 0 unspecified atom stereocenters. The van der Waals surface area contributed by atoms with E-state index in [0.29, 0.717) is 51.3 Å². The van der Waals surface area contributed by atoms with Gasteiger partial charge in [-0.2, -0.15) is 0 Å². The van der Waals surface area contributed by atoms with Crippen LogP contribution in [0.2, 0.25) is 20.1 Å². The van der Waals surface area contributed by atoms with E-state index in [2.05, 4.69) is 10.2 Å². The average molecular weight is 542 g/mol. The Morgan fingerprint density at radius 2 is 1.62 bits per heavy atom. The molecule has 0 saturated carbocycles. The topological polar surface area (TPSA) is 43.0 Å². The van der Waals surface area contributed by atoms with E-state index in [-0.39, 0.29) is 6.61 Å². The minimum absolute atomic E-state index is 0.258. The molecule has 1 heterocycles. The van der Waals surface area contributed by atoms with Crippen LogP contribution in [-0.4, -0.2) is 33.4 Å². The van der Waals surface area contributed by atoms with Crippen molar-refractivity contribution >= 4 is 57.8 Å². The van der Waals surface area contributed by atoms with Crippen LogP contribution in [0.25, 0.3) is 0 Å². The van der Waals surface area contributed by atoms with Crippen LogP contribution in [0.4, 0.5) is 11.4 Å². The molecule has 4 rings (SSSR count). The number of ether oxygens (including phenoxy) is 3. The summed E-state index contributed by atoms with van der Waals surface area (Å²) in [6.07, 6.45) is 0. The zero-order valence-electron chi connectivity index (χ0n) is 18.5. The number of hydrogen-bond donors (Lipinski definition) is 1. The minimum Gasteiger partial charge on any atom is -0.493 e. The fourth-order valence-electron chi connectivity index (χ4n) is 3.65. The Hall–Kier alpha value is -2.02. The lowest BCUT2D eigenvalue weighted by Gasteiger charge is -2.29. The monoisotopic (exact) mass is 540 g/mol. The normalized spacial score (nSPS) is 13.6. The Balaban J connectivity index is 1.42. The fourth-order valence-corrected chi connectivity index (χ4v) is 4.64. The number of rotatable bonds is 8. The SMILES string of the molecule is COc1cc(CNc2ccc(N3CCOCC3)c(Cl)c2)c(Cl)cc1OCc1ccc(Cl)cc1Cl. The summed E-state index contributed by atoms with van der Waals surface area (Å²) in [6, 6.07) is 14.8. The predicted molar refractivity (Wildman–Crippen MR) is 141 cm³/mol. The van der Waals surface area contributed by atoms with Gasteiger partial charge in [0.1, 0.15) is 6.61 Å². The lowest BCUT2D eigenvalue weighted by molar-refractivity contribution is 0.122. The Labute approximate surface area is 219 Å². The summed E-state index contributed by atoms with van der Waals surface area (Å²) in [5.74, 6) is 1.10. The Morgan fingerprint density at radius 1 is 0.853 bits per heavy atom. The molecule has 0 atom stereocenters. The van der Waals surface area contributed by atoms with Crippen molar-refractivity contribution in [3.63, 3.8) is 0 Å². The standard InChI is InChI=1S/C25H24Cl4N2O3/c1-32-24-10-17(21(28)13-25(24)34-15-16-2-3-18(26)11-20(16)27)14-30-19-4-5-23(22(29)12-19)31-6-8-33-9-7-31/h2-5,10-13,30H,6-9,14-15H2,1H3. The van der Waals surface area contributed by atoms with Crippen molar-refractivity contribution in [2.75, 3.05) is 43.6 Å². The molecule has 1 fully saturated rings. The highest BCUT2D eigenvalue weighted by Gasteiger charge is 2.15. The minimum atomic E-state index is 0.258. The predicted octanol–water partition coefficient (Wildman–Crippen LogP) is 7.34. The summed E-state index contributed by atoms with van der Waals surface area (Å²) < 4.78 is 16.9. The summed E-state index contributed by atoms with van der Waals surface area (Å²) in [5, 5.41) is 5.74. The first-order valence-corrected chi connectivity index (χ1v) is 12.2. The van der Waals surface area contributed by atoms with Gasteiger partial charge in [0.2, 0.25) is 0 Å². The molecule has 1 aliphatic rings. The molecular formula is C25H24Cl4N2O3. The van der Waals surface area contributed by atoms with Gasteiger partial charge in [0.15, 0.2) is 11.5 Å². The average Bonchev–Trinajstić information content (AvgIpc) is 2.83. The van der Waals surface area contributed by atoms with Crippen molar-refractivity contribution in [3.8, 4) is 11.5 Å². The van der Waals surface area contributed by atoms with Crippen LogP contribution in [0.1, 0.15) is 11.1 Å². The lowest BCUT2D eigenvalue weighted by Crippen LogP contribution is -2.36. The number of morpholine rings is 1. The second-order valence-electron chi connectivity index (χ2n) is 7.74. The van der Waals surface area contributed by atoms with E-state index in [9.17, 15) is 0 Å². The molecular weight excluding hydrogens is 518 g/mol. The van der Waals surface area contributed by atoms with Gasteiger partial charge in [-0.1, -0.05) is 52.5 Å². The highest BCUT2D eigenvalue weighted by atomic mass is 35.5. The largest absolute Gasteiger partial charge is 0.493 e. The van der Waals surface area contributed by atoms with Crippen LogP contribution in [0, 0.1) is 0 Å². The third-order valence-electron chi connectivity index (χ3n) is 5.51. The number of anilines is 2. The van der Waals surface area contributed by atoms with Gasteiger partial charge in [0.25, 0.3) is 0 Å². The van der Waals surface area contributed by atoms with Crippen molar-refractivity contribution in [2.45, 2.75) is 13.2 Å². The van der Waals surface area contributed by atoms with Crippen LogP contribution in [0.5, 0.6) is 11.5 Å². The Bertz CT molecular complexity index is 1150. The number of nitrogens with one attached hydrogen (secondary N) is 1. The molecule has 0 spiro atoms. The molecule has 180 valence electrons. The van der Waals surface area contributed by atoms with Crippen molar-refractivity contribution in [3.05, 3.63) is 79.7 Å². The molecule has 0 radical (unpaired) electrons. The number of hydrogen-bond acceptors (Lipinski definition) is 5. The van der Waals surface area contributed by atoms with E-state index in [4.69, 9.17) is 60.6 Å². The second-order valence-corrected chi connectivity index (χ2v) is 9.40. The van der Waals surface area contributed by atoms with Gasteiger partial charge in [-0.15, -0.1) is 0 Å². The quantitative estimate of drug-likeness (QED) is 0.323. The van der Waals surface area contributed by atoms with Gasteiger partial charge in [-0.3, -0.25) is 0 Å². The van der Waals surface area contributed by atoms with Gasteiger partial charge in [-0.05, 0) is 42.0 Å². The van der Waals surface area contributed by atoms with Crippen molar-refractivity contribution in [2.24, 2.45) is 0 Å². The maximum atomic E-state index is 6.55. The molecule has 3 aromatic carbocycles. The molecule has 1 aliphatic heterocycles. The lowest BCUT2D eigenvalue weighted by atomic mass is 10.1. The summed E-state index contributed by atoms with van der Waals surface area (Å²) in [5.41, 5.74) is 3.59. The highest BCUT2D eigenvalue weighted by molar-refractivity contribution is 6.35. The van der Waals surface area contributed by atoms with Crippen molar-refractivity contribution < 1.29 is 14.2 Å². The molecule has 1 N–H and O–H groups in total. The van der Waals surface area contributed by atoms with E-state index >= 15 is 0 Å². The number of benzene rings is 3. The zero-order chi connectivity index (χ0) is 24.1. The van der Waals surface area contributed by atoms with Crippen molar-refractivity contribution in [1.29, 1.82) is 0 Å². The van der Waals surface area contributed by atoms with Crippen molar-refractivity contribution in [1.82, 2.24) is 0 Å². The van der Waals surface area contributed by atoms with Crippen LogP contribution in [-0.2, 0) is 17.9 Å². The van der Waals surface area contributed by atoms with E-state index < -0.39 is 0 Å². The molecule has 0 aromatic heterocycles. The van der Waals surface area contributed by atoms with E-state index in [1.54, 1.807) is 25.3 Å². The molecule has 5 nitrogen and oxygen atoms in total. The van der Waals surface area contributed by atoms with E-state index in [0.717, 1.165) is 35.6 Å². The Morgan fingerprint density at radius 3 is 2.32 bits per heavy atom. The van der Waals surface area contributed by atoms with Gasteiger partial charge in [0, 0.05) is 52.0 Å². The molecule has 1 saturated heterocycles. The number of halogens is 4. The maximum absolute atomic E-state index is 6.55. The molecule has 34 heavy (non-hydrogen) atoms. The Kier molecular flexibility index (Phi) is 8.56. The molecule has 9 heteroatoms. The van der Waals surface area contributed by atoms with Crippen LogP contribution >= 0.6 is 46.4 Å². The van der Waals surface area contributed by atoms with Gasteiger partial charge in [0.05, 0.1) is 31.0 Å². The first-order valence-electron chi connectivity index (χ1n) is 10.7. The smallest absolute Gasteiger partial charge is 0.163 e. The van der Waals surface area contributed by atoms with E-state index in [1.165, 1.54) is 0 Å². The summed E-state index contributed by atoms with van der Waals surface area (Å²) in [4.78, 5) is 2.23. The van der Waals surface area contributed by atoms with Gasteiger partial charge >= 0.3 is 0 Å². The zero-order valence-corrected chi connectivity index (χ0v) is 21.6. The summed E-state index contributed by atoms with van der Waals surface area (Å²) in [7, 11) is 1.59. The van der Waals surface area contributed by atoms with Gasteiger partial charge < -0.3 is 24.4 Å². The molecule has 0 bridgehead atoms. The van der Waals surface area contributed by atoms with Crippen LogP contribution in [0.3, 0.4) is 0 Å².